The molecule has 8 nitrogen and oxygen atoms in total. The van der Waals surface area contributed by atoms with Gasteiger partial charge in [-0.1, -0.05) is 25.5 Å². The average molecular weight is 382 g/mol. The van der Waals surface area contributed by atoms with E-state index in [1.165, 1.54) is 16.8 Å². The third kappa shape index (κ3) is 4.11. The predicted molar refractivity (Wildman–Crippen MR) is 106 cm³/mol. The van der Waals surface area contributed by atoms with Crippen LogP contribution in [-0.4, -0.2) is 27.6 Å². The minimum atomic E-state index is -0.553. The monoisotopic (exact) mass is 382 g/mol. The Morgan fingerprint density at radius 2 is 2.11 bits per heavy atom. The first-order valence-corrected chi connectivity index (χ1v) is 9.07. The average Bonchev–Trinajstić information content (AvgIpc) is 2.71. The lowest BCUT2D eigenvalue weighted by Gasteiger charge is -2.10. The fourth-order valence-electron chi connectivity index (χ4n) is 2.88. The third-order valence-electron chi connectivity index (χ3n) is 4.42. The lowest BCUT2D eigenvalue weighted by Crippen LogP contribution is -2.31. The van der Waals surface area contributed by atoms with Crippen LogP contribution in [0.4, 0.5) is 0 Å². The van der Waals surface area contributed by atoms with E-state index in [0.29, 0.717) is 18.8 Å². The summed E-state index contributed by atoms with van der Waals surface area (Å²) < 4.78 is 6.60. The Kier molecular flexibility index (Phi) is 5.88. The number of amides is 1. The molecule has 0 aliphatic carbocycles. The normalized spacial score (nSPS) is 10.8. The minimum absolute atomic E-state index is 0.213. The van der Waals surface area contributed by atoms with Crippen LogP contribution >= 0.6 is 0 Å². The number of nitrogens with one attached hydrogen (secondary N) is 2. The van der Waals surface area contributed by atoms with Gasteiger partial charge in [-0.3, -0.25) is 19.1 Å². The van der Waals surface area contributed by atoms with E-state index in [1.54, 1.807) is 7.11 Å². The maximum Gasteiger partial charge on any atom is 0.329 e. The van der Waals surface area contributed by atoms with Crippen molar-refractivity contribution in [2.75, 3.05) is 7.11 Å². The highest BCUT2D eigenvalue weighted by Gasteiger charge is 2.13. The number of ether oxygens (including phenoxy) is 1. The number of aryl methyl sites for hydroxylation is 1. The maximum atomic E-state index is 12.5. The number of benzene rings is 1. The van der Waals surface area contributed by atoms with Gasteiger partial charge < -0.3 is 10.1 Å². The molecule has 2 heterocycles. The second kappa shape index (κ2) is 8.51. The molecule has 0 bridgehead atoms. The third-order valence-corrected chi connectivity index (χ3v) is 4.42. The first-order valence-electron chi connectivity index (χ1n) is 9.07. The Morgan fingerprint density at radius 1 is 1.29 bits per heavy atom. The lowest BCUT2D eigenvalue weighted by atomic mass is 10.2. The van der Waals surface area contributed by atoms with Crippen LogP contribution < -0.4 is 21.3 Å². The number of methoxy groups -OCH3 is 1. The van der Waals surface area contributed by atoms with Gasteiger partial charge in [0.05, 0.1) is 18.1 Å². The molecule has 0 saturated heterocycles. The number of rotatable bonds is 7. The van der Waals surface area contributed by atoms with Gasteiger partial charge in [-0.25, -0.2) is 9.78 Å². The van der Waals surface area contributed by atoms with Crippen molar-refractivity contribution in [1.29, 1.82) is 0 Å². The molecule has 0 aliphatic rings. The number of fused-ring (bicyclic) bond motifs is 1. The molecule has 8 heteroatoms. The smallest absolute Gasteiger partial charge is 0.329 e. The number of aromatic nitrogens is 3. The van der Waals surface area contributed by atoms with Crippen LogP contribution in [0, 0.1) is 0 Å². The predicted octanol–water partition coefficient (Wildman–Crippen LogP) is 1.82. The Hall–Kier alpha value is -3.42. The van der Waals surface area contributed by atoms with Crippen LogP contribution in [0.5, 0.6) is 5.75 Å². The van der Waals surface area contributed by atoms with Crippen molar-refractivity contribution < 1.29 is 9.53 Å². The van der Waals surface area contributed by atoms with Crippen molar-refractivity contribution in [3.63, 3.8) is 0 Å². The summed E-state index contributed by atoms with van der Waals surface area (Å²) in [4.78, 5) is 43.3. The number of hydrogen-bond donors (Lipinski definition) is 2. The number of unbranched alkanes of at least 4 members (excludes halogenated alkanes) is 1. The molecule has 146 valence electrons. The molecule has 0 unspecified atom stereocenters. The minimum Gasteiger partial charge on any atom is -0.497 e. The summed E-state index contributed by atoms with van der Waals surface area (Å²) in [6.45, 7) is 2.77. The summed E-state index contributed by atoms with van der Waals surface area (Å²) >= 11 is 0. The first kappa shape index (κ1) is 19.3. The van der Waals surface area contributed by atoms with E-state index in [2.05, 4.69) is 15.3 Å². The summed E-state index contributed by atoms with van der Waals surface area (Å²) in [5.74, 6) is 0.346. The van der Waals surface area contributed by atoms with Gasteiger partial charge in [0.2, 0.25) is 0 Å². The quantitative estimate of drug-likeness (QED) is 0.648. The van der Waals surface area contributed by atoms with E-state index in [0.717, 1.165) is 18.4 Å². The Bertz CT molecular complexity index is 1120. The summed E-state index contributed by atoms with van der Waals surface area (Å²) in [5.41, 5.74) is 0.372. The Labute approximate surface area is 161 Å². The summed E-state index contributed by atoms with van der Waals surface area (Å²) in [6, 6.07) is 8.83. The fraction of sp³-hybridized carbons (Fsp3) is 0.300. The molecule has 0 atom stereocenters. The number of hydrogen-bond acceptors (Lipinski definition) is 5. The summed E-state index contributed by atoms with van der Waals surface area (Å²) in [5, 5.41) is 3.01. The van der Waals surface area contributed by atoms with E-state index < -0.39 is 11.2 Å². The van der Waals surface area contributed by atoms with E-state index >= 15 is 0 Å². The van der Waals surface area contributed by atoms with Gasteiger partial charge in [0.25, 0.3) is 11.5 Å². The largest absolute Gasteiger partial charge is 0.497 e. The van der Waals surface area contributed by atoms with Gasteiger partial charge >= 0.3 is 5.69 Å². The zero-order valence-corrected chi connectivity index (χ0v) is 15.8. The zero-order chi connectivity index (χ0) is 20.1. The van der Waals surface area contributed by atoms with Gasteiger partial charge in [-0.15, -0.1) is 0 Å². The number of carbonyl (C=O) groups is 1. The number of H-pyrrole nitrogens is 1. The highest BCUT2D eigenvalue weighted by Crippen LogP contribution is 2.13. The molecule has 28 heavy (non-hydrogen) atoms. The molecular formula is C20H22N4O4. The standard InChI is InChI=1S/C20H22N4O4/c1-3-4-8-24-17-16(19(26)23-20(24)27)10-14(12-21-17)18(25)22-11-13-6-5-7-15(9-13)28-2/h5-7,9-10,12H,3-4,8,11H2,1-2H3,(H,22,25)(H,23,26,27). The van der Waals surface area contributed by atoms with Crippen molar-refractivity contribution in [3.8, 4) is 5.75 Å². The molecule has 0 fully saturated rings. The first-order chi connectivity index (χ1) is 13.5. The number of carbonyl (C=O) groups excluding carboxylic acids is 1. The topological polar surface area (TPSA) is 106 Å². The Morgan fingerprint density at radius 3 is 2.86 bits per heavy atom. The number of aromatic amines is 1. The second-order valence-corrected chi connectivity index (χ2v) is 6.39. The zero-order valence-electron chi connectivity index (χ0n) is 15.8. The SMILES string of the molecule is CCCCn1c(=O)[nH]c(=O)c2cc(C(=O)NCc3cccc(OC)c3)cnc21. The van der Waals surface area contributed by atoms with Crippen LogP contribution in [0.2, 0.25) is 0 Å². The van der Waals surface area contributed by atoms with E-state index in [-0.39, 0.29) is 22.5 Å². The van der Waals surface area contributed by atoms with Crippen molar-refractivity contribution in [3.05, 3.63) is 68.5 Å². The molecular weight excluding hydrogens is 360 g/mol. The molecule has 0 aliphatic heterocycles. The molecule has 3 aromatic rings. The molecule has 2 aromatic heterocycles. The van der Waals surface area contributed by atoms with Gasteiger partial charge in [0.15, 0.2) is 0 Å². The lowest BCUT2D eigenvalue weighted by molar-refractivity contribution is 0.0950. The maximum absolute atomic E-state index is 12.5. The fourth-order valence-corrected chi connectivity index (χ4v) is 2.88. The Balaban J connectivity index is 1.86. The molecule has 0 spiro atoms. The van der Waals surface area contributed by atoms with Crippen LogP contribution in [0.15, 0.2) is 46.1 Å². The highest BCUT2D eigenvalue weighted by molar-refractivity contribution is 5.96. The summed E-state index contributed by atoms with van der Waals surface area (Å²) in [7, 11) is 1.58. The van der Waals surface area contributed by atoms with Gasteiger partial charge in [-0.2, -0.15) is 0 Å². The van der Waals surface area contributed by atoms with E-state index in [4.69, 9.17) is 4.74 Å². The van der Waals surface area contributed by atoms with E-state index in [9.17, 15) is 14.4 Å². The van der Waals surface area contributed by atoms with Crippen LogP contribution in [0.25, 0.3) is 11.0 Å². The van der Waals surface area contributed by atoms with Crippen molar-refractivity contribution in [1.82, 2.24) is 19.9 Å². The van der Waals surface area contributed by atoms with Gasteiger partial charge in [-0.05, 0) is 30.2 Å². The summed E-state index contributed by atoms with van der Waals surface area (Å²) in [6.07, 6.45) is 3.06. The van der Waals surface area contributed by atoms with Crippen LogP contribution in [0.1, 0.15) is 35.7 Å². The molecule has 1 aromatic carbocycles. The van der Waals surface area contributed by atoms with Crippen molar-refractivity contribution >= 4 is 16.9 Å². The molecule has 0 radical (unpaired) electrons. The highest BCUT2D eigenvalue weighted by atomic mass is 16.5. The molecule has 0 saturated carbocycles. The molecule has 2 N–H and O–H groups in total. The molecule has 3 rings (SSSR count). The second-order valence-electron chi connectivity index (χ2n) is 6.39. The van der Waals surface area contributed by atoms with E-state index in [1.807, 2.05) is 31.2 Å². The van der Waals surface area contributed by atoms with Crippen LogP contribution in [-0.2, 0) is 13.1 Å². The van der Waals surface area contributed by atoms with Gasteiger partial charge in [0, 0.05) is 19.3 Å². The number of nitrogens with zero attached hydrogens (tertiary/aromatic N) is 2. The van der Waals surface area contributed by atoms with Gasteiger partial charge in [0.1, 0.15) is 11.4 Å². The molecule has 1 amide bonds. The van der Waals surface area contributed by atoms with Crippen molar-refractivity contribution in [2.45, 2.75) is 32.9 Å². The van der Waals surface area contributed by atoms with Crippen LogP contribution in [0.3, 0.4) is 0 Å². The van der Waals surface area contributed by atoms with Crippen molar-refractivity contribution in [2.24, 2.45) is 0 Å². The number of pyridine rings is 1.